The van der Waals surface area contributed by atoms with E-state index >= 15 is 0 Å². The minimum atomic E-state index is -3.67. The summed E-state index contributed by atoms with van der Waals surface area (Å²) in [7, 11) is -3.67. The molecule has 1 N–H and O–H groups in total. The van der Waals surface area contributed by atoms with Crippen LogP contribution in [0.25, 0.3) is 0 Å². The monoisotopic (exact) mass is 377 g/mol. The number of hydrogen-bond acceptors (Lipinski definition) is 3. The SMILES string of the molecule is Cc1cc(CNS(=O)(=O)c2ccc(F)cc2Br)sc1C. The van der Waals surface area contributed by atoms with Crippen LogP contribution in [0.4, 0.5) is 4.39 Å². The summed E-state index contributed by atoms with van der Waals surface area (Å²) in [5, 5.41) is 0. The lowest BCUT2D eigenvalue weighted by Crippen LogP contribution is -2.23. The molecule has 0 aliphatic carbocycles. The zero-order valence-electron chi connectivity index (χ0n) is 10.9. The van der Waals surface area contributed by atoms with E-state index in [0.29, 0.717) is 0 Å². The first-order valence-corrected chi connectivity index (χ1v) is 8.89. The Morgan fingerprint density at radius 1 is 1.30 bits per heavy atom. The number of nitrogens with one attached hydrogen (secondary N) is 1. The summed E-state index contributed by atoms with van der Waals surface area (Å²) in [5.41, 5.74) is 1.15. The van der Waals surface area contributed by atoms with Crippen LogP contribution in [0.15, 0.2) is 33.6 Å². The Labute approximate surface area is 130 Å². The zero-order chi connectivity index (χ0) is 14.9. The fourth-order valence-corrected chi connectivity index (χ4v) is 4.81. The minimum Gasteiger partial charge on any atom is -0.207 e. The smallest absolute Gasteiger partial charge is 0.207 e. The highest BCUT2D eigenvalue weighted by Gasteiger charge is 2.18. The van der Waals surface area contributed by atoms with Gasteiger partial charge in [0.05, 0.1) is 4.90 Å². The van der Waals surface area contributed by atoms with Gasteiger partial charge in [-0.2, -0.15) is 0 Å². The van der Waals surface area contributed by atoms with E-state index in [1.54, 1.807) is 11.3 Å². The van der Waals surface area contributed by atoms with Crippen LogP contribution in [-0.2, 0) is 16.6 Å². The van der Waals surface area contributed by atoms with Crippen LogP contribution in [-0.4, -0.2) is 8.42 Å². The molecule has 1 aromatic heterocycles. The molecule has 20 heavy (non-hydrogen) atoms. The molecule has 108 valence electrons. The first-order valence-electron chi connectivity index (χ1n) is 5.80. The molecule has 0 atom stereocenters. The van der Waals surface area contributed by atoms with Crippen LogP contribution in [0, 0.1) is 19.7 Å². The molecule has 1 heterocycles. The lowest BCUT2D eigenvalue weighted by atomic mass is 10.3. The Bertz CT molecular complexity index is 721. The van der Waals surface area contributed by atoms with Crippen molar-refractivity contribution in [1.82, 2.24) is 4.72 Å². The summed E-state index contributed by atoms with van der Waals surface area (Å²) >= 11 is 4.63. The van der Waals surface area contributed by atoms with Gasteiger partial charge in [-0.25, -0.2) is 17.5 Å². The molecule has 0 unspecified atom stereocenters. The first kappa shape index (κ1) is 15.6. The molecule has 2 aromatic rings. The van der Waals surface area contributed by atoms with Crippen molar-refractivity contribution in [3.63, 3.8) is 0 Å². The molecule has 0 bridgehead atoms. The molecular weight excluding hydrogens is 365 g/mol. The molecule has 1 aromatic carbocycles. The molecule has 2 rings (SSSR count). The largest absolute Gasteiger partial charge is 0.242 e. The highest BCUT2D eigenvalue weighted by Crippen LogP contribution is 2.24. The fourth-order valence-electron chi connectivity index (χ4n) is 1.67. The number of rotatable bonds is 4. The number of aryl methyl sites for hydroxylation is 2. The summed E-state index contributed by atoms with van der Waals surface area (Å²) in [5.74, 6) is -0.486. The van der Waals surface area contributed by atoms with Crippen LogP contribution in [0.3, 0.4) is 0 Å². The molecule has 0 saturated heterocycles. The number of sulfonamides is 1. The topological polar surface area (TPSA) is 46.2 Å². The van der Waals surface area contributed by atoms with Crippen LogP contribution < -0.4 is 4.72 Å². The molecular formula is C13H13BrFNO2S2. The number of benzene rings is 1. The van der Waals surface area contributed by atoms with Crippen LogP contribution in [0.1, 0.15) is 15.3 Å². The summed E-state index contributed by atoms with van der Waals surface area (Å²) in [6.07, 6.45) is 0. The Balaban J connectivity index is 2.19. The molecule has 0 radical (unpaired) electrons. The van der Waals surface area contributed by atoms with E-state index in [1.165, 1.54) is 10.9 Å². The van der Waals surface area contributed by atoms with Gasteiger partial charge >= 0.3 is 0 Å². The maximum absolute atomic E-state index is 13.0. The van der Waals surface area contributed by atoms with Crippen molar-refractivity contribution in [2.45, 2.75) is 25.3 Å². The number of halogens is 2. The average molecular weight is 378 g/mol. The second-order valence-electron chi connectivity index (χ2n) is 4.35. The van der Waals surface area contributed by atoms with Gasteiger partial charge in [-0.1, -0.05) is 0 Å². The lowest BCUT2D eigenvalue weighted by Gasteiger charge is -2.07. The van der Waals surface area contributed by atoms with Gasteiger partial charge < -0.3 is 0 Å². The zero-order valence-corrected chi connectivity index (χ0v) is 14.1. The molecule has 0 aliphatic heterocycles. The Morgan fingerprint density at radius 2 is 2.00 bits per heavy atom. The standard InChI is InChI=1S/C13H13BrFNO2S2/c1-8-5-11(19-9(8)2)7-16-20(17,18)13-4-3-10(15)6-12(13)14/h3-6,16H,7H2,1-2H3. The summed E-state index contributed by atoms with van der Waals surface area (Å²) < 4.78 is 40.1. The van der Waals surface area contributed by atoms with Crippen molar-refractivity contribution in [2.24, 2.45) is 0 Å². The molecule has 0 amide bonds. The molecule has 3 nitrogen and oxygen atoms in total. The summed E-state index contributed by atoms with van der Waals surface area (Å²) in [6.45, 7) is 4.21. The molecule has 0 saturated carbocycles. The second kappa shape index (κ2) is 5.93. The van der Waals surface area contributed by atoms with Gasteiger partial charge in [0.25, 0.3) is 0 Å². The van der Waals surface area contributed by atoms with Crippen molar-refractivity contribution in [1.29, 1.82) is 0 Å². The lowest BCUT2D eigenvalue weighted by molar-refractivity contribution is 0.580. The van der Waals surface area contributed by atoms with Crippen LogP contribution >= 0.6 is 27.3 Å². The predicted octanol–water partition coefficient (Wildman–Crippen LogP) is 3.75. The molecule has 0 fully saturated rings. The maximum Gasteiger partial charge on any atom is 0.242 e. The van der Waals surface area contributed by atoms with E-state index in [0.717, 1.165) is 22.6 Å². The van der Waals surface area contributed by atoms with Crippen molar-refractivity contribution >= 4 is 37.3 Å². The van der Waals surface area contributed by atoms with Gasteiger partial charge in [0.15, 0.2) is 0 Å². The van der Waals surface area contributed by atoms with E-state index in [4.69, 9.17) is 0 Å². The normalized spacial score (nSPS) is 11.8. The minimum absolute atomic E-state index is 0.0314. The van der Waals surface area contributed by atoms with E-state index in [2.05, 4.69) is 20.7 Å². The number of thiophene rings is 1. The van der Waals surface area contributed by atoms with Gasteiger partial charge in [0, 0.05) is 20.8 Å². The summed E-state index contributed by atoms with van der Waals surface area (Å²) in [6, 6.07) is 5.46. The van der Waals surface area contributed by atoms with Gasteiger partial charge in [0.1, 0.15) is 5.82 Å². The second-order valence-corrected chi connectivity index (χ2v) is 8.28. The quantitative estimate of drug-likeness (QED) is 0.881. The van der Waals surface area contributed by atoms with Crippen molar-refractivity contribution in [3.8, 4) is 0 Å². The Kier molecular flexibility index (Phi) is 4.63. The molecule has 0 spiro atoms. The van der Waals surface area contributed by atoms with E-state index in [1.807, 2.05) is 19.9 Å². The van der Waals surface area contributed by atoms with E-state index in [9.17, 15) is 12.8 Å². The average Bonchev–Trinajstić information content (AvgIpc) is 2.66. The van der Waals surface area contributed by atoms with E-state index in [-0.39, 0.29) is 15.9 Å². The molecule has 7 heteroatoms. The van der Waals surface area contributed by atoms with Crippen molar-refractivity contribution in [2.75, 3.05) is 0 Å². The van der Waals surface area contributed by atoms with Gasteiger partial charge in [-0.3, -0.25) is 0 Å². The Hall–Kier alpha value is -0.760. The first-order chi connectivity index (χ1) is 9.29. The van der Waals surface area contributed by atoms with Crippen molar-refractivity contribution in [3.05, 3.63) is 49.9 Å². The predicted molar refractivity (Wildman–Crippen MR) is 81.9 cm³/mol. The maximum atomic E-state index is 13.0. The molecule has 0 aliphatic rings. The van der Waals surface area contributed by atoms with Gasteiger partial charge in [-0.15, -0.1) is 11.3 Å². The van der Waals surface area contributed by atoms with Crippen molar-refractivity contribution < 1.29 is 12.8 Å². The third-order valence-electron chi connectivity index (χ3n) is 2.84. The van der Waals surface area contributed by atoms with Crippen LogP contribution in [0.2, 0.25) is 0 Å². The third-order valence-corrected chi connectivity index (χ3v) is 6.37. The van der Waals surface area contributed by atoms with E-state index < -0.39 is 15.8 Å². The third kappa shape index (κ3) is 3.46. The van der Waals surface area contributed by atoms with Crippen LogP contribution in [0.5, 0.6) is 0 Å². The van der Waals surface area contributed by atoms with Gasteiger partial charge in [-0.05, 0) is 59.6 Å². The Morgan fingerprint density at radius 3 is 2.55 bits per heavy atom. The summed E-state index contributed by atoms with van der Waals surface area (Å²) in [4.78, 5) is 2.15. The van der Waals surface area contributed by atoms with Gasteiger partial charge in [0.2, 0.25) is 10.0 Å². The highest BCUT2D eigenvalue weighted by atomic mass is 79.9. The fraction of sp³-hybridized carbons (Fsp3) is 0.231. The number of hydrogen-bond donors (Lipinski definition) is 1. The highest BCUT2D eigenvalue weighted by molar-refractivity contribution is 9.10.